The van der Waals surface area contributed by atoms with Crippen LogP contribution in [0.25, 0.3) is 0 Å². The molecule has 0 aliphatic carbocycles. The Morgan fingerprint density at radius 2 is 2.21 bits per heavy atom. The highest BCUT2D eigenvalue weighted by atomic mass is 32.1. The zero-order chi connectivity index (χ0) is 13.5. The summed E-state index contributed by atoms with van der Waals surface area (Å²) in [5, 5.41) is 7.92. The summed E-state index contributed by atoms with van der Waals surface area (Å²) >= 11 is 1.76. The number of aromatic nitrogens is 2. The van der Waals surface area contributed by atoms with Gasteiger partial charge in [0.2, 0.25) is 0 Å². The molecule has 2 aromatic heterocycles. The van der Waals surface area contributed by atoms with E-state index in [0.717, 1.165) is 37.2 Å². The number of thiophene rings is 1. The summed E-state index contributed by atoms with van der Waals surface area (Å²) in [5.41, 5.74) is 3.43. The maximum absolute atomic E-state index is 4.51. The van der Waals surface area contributed by atoms with Gasteiger partial charge in [0, 0.05) is 6.20 Å². The molecule has 0 radical (unpaired) electrons. The summed E-state index contributed by atoms with van der Waals surface area (Å²) in [6, 6.07) is 2.50. The molecule has 0 fully saturated rings. The van der Waals surface area contributed by atoms with Crippen LogP contribution in [0.3, 0.4) is 0 Å². The Hall–Kier alpha value is -1.26. The van der Waals surface area contributed by atoms with Gasteiger partial charge in [0.1, 0.15) is 0 Å². The highest BCUT2D eigenvalue weighted by Gasteiger charge is 2.12. The second-order valence-corrected chi connectivity index (χ2v) is 5.54. The van der Waals surface area contributed by atoms with Crippen molar-refractivity contribution in [1.82, 2.24) is 15.3 Å². The van der Waals surface area contributed by atoms with Crippen molar-refractivity contribution in [2.24, 2.45) is 0 Å². The summed E-state index contributed by atoms with van der Waals surface area (Å²) in [6.07, 6.45) is 7.03. The van der Waals surface area contributed by atoms with Crippen molar-refractivity contribution in [3.05, 3.63) is 46.2 Å². The van der Waals surface area contributed by atoms with Gasteiger partial charge in [0.25, 0.3) is 0 Å². The fraction of sp³-hybridized carbons (Fsp3) is 0.467. The molecular weight excluding hydrogens is 254 g/mol. The molecule has 4 heteroatoms. The van der Waals surface area contributed by atoms with Gasteiger partial charge in [-0.25, -0.2) is 0 Å². The Morgan fingerprint density at radius 3 is 2.84 bits per heavy atom. The van der Waals surface area contributed by atoms with E-state index in [2.05, 4.69) is 39.0 Å². The van der Waals surface area contributed by atoms with Gasteiger partial charge in [0.15, 0.2) is 0 Å². The third kappa shape index (κ3) is 4.40. The molecule has 1 unspecified atom stereocenters. The Labute approximate surface area is 119 Å². The van der Waals surface area contributed by atoms with E-state index in [1.807, 2.05) is 19.3 Å². The maximum atomic E-state index is 4.51. The topological polar surface area (TPSA) is 37.8 Å². The number of hydrogen-bond donors (Lipinski definition) is 1. The molecule has 1 atom stereocenters. The van der Waals surface area contributed by atoms with Gasteiger partial charge in [-0.2, -0.15) is 11.3 Å². The van der Waals surface area contributed by atoms with E-state index in [1.54, 1.807) is 11.3 Å². The van der Waals surface area contributed by atoms with Crippen LogP contribution >= 0.6 is 11.3 Å². The van der Waals surface area contributed by atoms with Crippen LogP contribution in [0.15, 0.2) is 29.2 Å². The molecule has 0 aliphatic heterocycles. The van der Waals surface area contributed by atoms with Gasteiger partial charge >= 0.3 is 0 Å². The minimum absolute atomic E-state index is 0.299. The molecule has 0 saturated heterocycles. The zero-order valence-electron chi connectivity index (χ0n) is 11.6. The van der Waals surface area contributed by atoms with Gasteiger partial charge in [-0.1, -0.05) is 6.92 Å². The van der Waals surface area contributed by atoms with Crippen LogP contribution < -0.4 is 5.32 Å². The predicted octanol–water partition coefficient (Wildman–Crippen LogP) is 3.52. The van der Waals surface area contributed by atoms with Gasteiger partial charge in [-0.05, 0) is 55.1 Å². The Kier molecular flexibility index (Phi) is 5.48. The smallest absolute Gasteiger partial charge is 0.0756 e. The Balaban J connectivity index is 2.00. The van der Waals surface area contributed by atoms with Crippen molar-refractivity contribution >= 4 is 11.3 Å². The number of hydrogen-bond acceptors (Lipinski definition) is 4. The number of rotatable bonds is 7. The number of aryl methyl sites for hydroxylation is 2. The third-order valence-corrected chi connectivity index (χ3v) is 3.83. The SMILES string of the molecule is CCCNC(CCc1ccsc1)c1cnc(C)cn1. The lowest BCUT2D eigenvalue weighted by molar-refractivity contribution is 0.487. The van der Waals surface area contributed by atoms with E-state index >= 15 is 0 Å². The summed E-state index contributed by atoms with van der Waals surface area (Å²) in [4.78, 5) is 8.86. The second kappa shape index (κ2) is 7.36. The number of nitrogens with zero attached hydrogens (tertiary/aromatic N) is 2. The second-order valence-electron chi connectivity index (χ2n) is 4.76. The van der Waals surface area contributed by atoms with Crippen molar-refractivity contribution in [1.29, 1.82) is 0 Å². The molecular formula is C15H21N3S. The lowest BCUT2D eigenvalue weighted by Crippen LogP contribution is -2.23. The van der Waals surface area contributed by atoms with Crippen LogP contribution in [0.4, 0.5) is 0 Å². The highest BCUT2D eigenvalue weighted by molar-refractivity contribution is 7.07. The lowest BCUT2D eigenvalue weighted by atomic mass is 10.0. The van der Waals surface area contributed by atoms with Gasteiger partial charge in [-0.3, -0.25) is 9.97 Å². The average Bonchev–Trinajstić information content (AvgIpc) is 2.93. The van der Waals surface area contributed by atoms with Crippen LogP contribution in [0.2, 0.25) is 0 Å². The van der Waals surface area contributed by atoms with Gasteiger partial charge in [0.05, 0.1) is 23.6 Å². The maximum Gasteiger partial charge on any atom is 0.0756 e. The van der Waals surface area contributed by atoms with Gasteiger partial charge < -0.3 is 5.32 Å². The molecule has 0 spiro atoms. The zero-order valence-corrected chi connectivity index (χ0v) is 12.4. The molecule has 0 amide bonds. The minimum Gasteiger partial charge on any atom is -0.309 e. The molecule has 0 aromatic carbocycles. The minimum atomic E-state index is 0.299. The summed E-state index contributed by atoms with van der Waals surface area (Å²) in [5.74, 6) is 0. The molecule has 1 N–H and O–H groups in total. The van der Waals surface area contributed by atoms with Crippen molar-refractivity contribution in [3.8, 4) is 0 Å². The largest absolute Gasteiger partial charge is 0.309 e. The van der Waals surface area contributed by atoms with Crippen molar-refractivity contribution in [3.63, 3.8) is 0 Å². The highest BCUT2D eigenvalue weighted by Crippen LogP contribution is 2.18. The van der Waals surface area contributed by atoms with Crippen molar-refractivity contribution in [2.45, 2.75) is 39.2 Å². The van der Waals surface area contributed by atoms with Crippen LogP contribution in [0.5, 0.6) is 0 Å². The molecule has 2 heterocycles. The van der Waals surface area contributed by atoms with Crippen LogP contribution in [0, 0.1) is 6.92 Å². The third-order valence-electron chi connectivity index (χ3n) is 3.10. The molecule has 3 nitrogen and oxygen atoms in total. The Bertz CT molecular complexity index is 465. The van der Waals surface area contributed by atoms with Crippen LogP contribution in [0.1, 0.15) is 42.8 Å². The molecule has 2 rings (SSSR count). The van der Waals surface area contributed by atoms with E-state index in [9.17, 15) is 0 Å². The van der Waals surface area contributed by atoms with Gasteiger partial charge in [-0.15, -0.1) is 0 Å². The summed E-state index contributed by atoms with van der Waals surface area (Å²) < 4.78 is 0. The molecule has 19 heavy (non-hydrogen) atoms. The average molecular weight is 275 g/mol. The molecule has 0 aliphatic rings. The first kappa shape index (κ1) is 14.2. The molecule has 0 bridgehead atoms. The van der Waals surface area contributed by atoms with Crippen LogP contribution in [-0.2, 0) is 6.42 Å². The Morgan fingerprint density at radius 1 is 1.32 bits per heavy atom. The van der Waals surface area contributed by atoms with E-state index in [4.69, 9.17) is 0 Å². The van der Waals surface area contributed by atoms with Crippen molar-refractivity contribution < 1.29 is 0 Å². The van der Waals surface area contributed by atoms with Crippen LogP contribution in [-0.4, -0.2) is 16.5 Å². The number of nitrogens with one attached hydrogen (secondary N) is 1. The molecule has 102 valence electrons. The fourth-order valence-electron chi connectivity index (χ4n) is 2.00. The van der Waals surface area contributed by atoms with E-state index in [-0.39, 0.29) is 0 Å². The lowest BCUT2D eigenvalue weighted by Gasteiger charge is -2.17. The van der Waals surface area contributed by atoms with E-state index in [1.165, 1.54) is 5.56 Å². The normalized spacial score (nSPS) is 12.5. The quantitative estimate of drug-likeness (QED) is 0.840. The molecule has 2 aromatic rings. The fourth-order valence-corrected chi connectivity index (χ4v) is 2.70. The first-order valence-electron chi connectivity index (χ1n) is 6.82. The first-order chi connectivity index (χ1) is 9.29. The van der Waals surface area contributed by atoms with Crippen molar-refractivity contribution in [2.75, 3.05) is 6.54 Å². The molecule has 0 saturated carbocycles. The first-order valence-corrected chi connectivity index (χ1v) is 7.77. The van der Waals surface area contributed by atoms with E-state index in [0.29, 0.717) is 6.04 Å². The van der Waals surface area contributed by atoms with E-state index < -0.39 is 0 Å². The standard InChI is InChI=1S/C15H21N3S/c1-3-7-16-14(5-4-13-6-8-19-11-13)15-10-17-12(2)9-18-15/h6,8-11,14,16H,3-5,7H2,1-2H3. The summed E-state index contributed by atoms with van der Waals surface area (Å²) in [6.45, 7) is 5.17. The monoisotopic (exact) mass is 275 g/mol. The predicted molar refractivity (Wildman–Crippen MR) is 80.4 cm³/mol. The summed E-state index contributed by atoms with van der Waals surface area (Å²) in [7, 11) is 0.